The molecule has 1 unspecified atom stereocenters. The molecule has 0 spiro atoms. The molecule has 1 amide bonds. The van der Waals surface area contributed by atoms with Crippen LogP contribution in [0.5, 0.6) is 0 Å². The Morgan fingerprint density at radius 2 is 2.08 bits per heavy atom. The van der Waals surface area contributed by atoms with Crippen molar-refractivity contribution in [3.63, 3.8) is 0 Å². The van der Waals surface area contributed by atoms with Crippen molar-refractivity contribution in [1.29, 1.82) is 0 Å². The van der Waals surface area contributed by atoms with Gasteiger partial charge in [-0.1, -0.05) is 13.8 Å². The van der Waals surface area contributed by atoms with E-state index >= 15 is 0 Å². The number of rotatable bonds is 2. The van der Waals surface area contributed by atoms with Gasteiger partial charge in [0.05, 0.1) is 6.54 Å². The zero-order chi connectivity index (χ0) is 9.14. The summed E-state index contributed by atoms with van der Waals surface area (Å²) in [6, 6.07) is 0.510. The fourth-order valence-electron chi connectivity index (χ4n) is 1.43. The number of nitrogens with one attached hydrogen (secondary N) is 1. The molecule has 0 saturated carbocycles. The van der Waals surface area contributed by atoms with Crippen LogP contribution in [0, 0.1) is 5.92 Å². The van der Waals surface area contributed by atoms with Crippen molar-refractivity contribution < 1.29 is 4.79 Å². The van der Waals surface area contributed by atoms with Crippen molar-refractivity contribution in [2.75, 3.05) is 19.6 Å². The van der Waals surface area contributed by atoms with E-state index in [4.69, 9.17) is 0 Å². The van der Waals surface area contributed by atoms with E-state index in [1.165, 1.54) is 0 Å². The van der Waals surface area contributed by atoms with E-state index in [0.717, 1.165) is 13.1 Å². The molecule has 1 heterocycles. The van der Waals surface area contributed by atoms with Crippen LogP contribution >= 0.6 is 0 Å². The van der Waals surface area contributed by atoms with Gasteiger partial charge in [0.1, 0.15) is 0 Å². The van der Waals surface area contributed by atoms with Gasteiger partial charge in [-0.2, -0.15) is 0 Å². The lowest BCUT2D eigenvalue weighted by atomic mass is 10.0. The first kappa shape index (κ1) is 9.52. The predicted octanol–water partition coefficient (Wildman–Crippen LogP) is 0.463. The summed E-state index contributed by atoms with van der Waals surface area (Å²) >= 11 is 0. The van der Waals surface area contributed by atoms with E-state index in [9.17, 15) is 4.79 Å². The number of nitrogens with zero attached hydrogens (tertiary/aromatic N) is 1. The molecule has 1 N–H and O–H groups in total. The summed E-state index contributed by atoms with van der Waals surface area (Å²) in [5.41, 5.74) is 0. The van der Waals surface area contributed by atoms with Gasteiger partial charge in [-0.3, -0.25) is 9.69 Å². The second-order valence-corrected chi connectivity index (χ2v) is 3.81. The third kappa shape index (κ3) is 2.21. The van der Waals surface area contributed by atoms with E-state index in [1.807, 2.05) is 0 Å². The summed E-state index contributed by atoms with van der Waals surface area (Å²) in [7, 11) is 0. The number of carbonyl (C=O) groups excluding carboxylic acids is 1. The summed E-state index contributed by atoms with van der Waals surface area (Å²) in [6.07, 6.45) is 0. The summed E-state index contributed by atoms with van der Waals surface area (Å²) in [6.45, 7) is 8.93. The Morgan fingerprint density at radius 3 is 2.58 bits per heavy atom. The molecular weight excluding hydrogens is 152 g/mol. The second-order valence-electron chi connectivity index (χ2n) is 3.81. The number of amides is 1. The fraction of sp³-hybridized carbons (Fsp3) is 0.889. The van der Waals surface area contributed by atoms with Crippen LogP contribution < -0.4 is 5.32 Å². The Labute approximate surface area is 74.1 Å². The molecule has 3 heteroatoms. The fourth-order valence-corrected chi connectivity index (χ4v) is 1.43. The molecule has 1 saturated heterocycles. The van der Waals surface area contributed by atoms with Gasteiger partial charge in [0, 0.05) is 19.1 Å². The molecule has 0 bridgehead atoms. The zero-order valence-electron chi connectivity index (χ0n) is 8.13. The minimum Gasteiger partial charge on any atom is -0.354 e. The van der Waals surface area contributed by atoms with Crippen LogP contribution in [0.1, 0.15) is 20.8 Å². The maximum absolute atomic E-state index is 11.0. The third-order valence-corrected chi connectivity index (χ3v) is 2.61. The summed E-state index contributed by atoms with van der Waals surface area (Å²) in [5.74, 6) is 0.782. The standard InChI is InChI=1S/C9H18N2O/c1-7(2)8(3)11-5-4-10-9(12)6-11/h7-8H,4-6H2,1-3H3,(H,10,12). The van der Waals surface area contributed by atoms with Crippen molar-refractivity contribution in [2.45, 2.75) is 26.8 Å². The first-order valence-electron chi connectivity index (χ1n) is 4.62. The molecule has 0 radical (unpaired) electrons. The predicted molar refractivity (Wildman–Crippen MR) is 48.9 cm³/mol. The molecule has 1 rings (SSSR count). The molecular formula is C9H18N2O. The van der Waals surface area contributed by atoms with Crippen LogP contribution in [0.3, 0.4) is 0 Å². The maximum atomic E-state index is 11.0. The van der Waals surface area contributed by atoms with E-state index in [-0.39, 0.29) is 5.91 Å². The molecule has 0 aromatic carbocycles. The van der Waals surface area contributed by atoms with Gasteiger partial charge in [0.25, 0.3) is 0 Å². The van der Waals surface area contributed by atoms with E-state index < -0.39 is 0 Å². The van der Waals surface area contributed by atoms with Crippen molar-refractivity contribution in [3.05, 3.63) is 0 Å². The van der Waals surface area contributed by atoms with Crippen molar-refractivity contribution in [3.8, 4) is 0 Å². The molecule has 70 valence electrons. The van der Waals surface area contributed by atoms with Gasteiger partial charge in [-0.05, 0) is 12.8 Å². The molecule has 1 aliphatic heterocycles. The van der Waals surface area contributed by atoms with Gasteiger partial charge in [-0.15, -0.1) is 0 Å². The van der Waals surface area contributed by atoms with Gasteiger partial charge in [-0.25, -0.2) is 0 Å². The third-order valence-electron chi connectivity index (χ3n) is 2.61. The van der Waals surface area contributed by atoms with Gasteiger partial charge in [0.15, 0.2) is 0 Å². The lowest BCUT2D eigenvalue weighted by Gasteiger charge is -2.34. The largest absolute Gasteiger partial charge is 0.354 e. The molecule has 0 aliphatic carbocycles. The van der Waals surface area contributed by atoms with E-state index in [2.05, 4.69) is 31.0 Å². The lowest BCUT2D eigenvalue weighted by Crippen LogP contribution is -2.52. The summed E-state index contributed by atoms with van der Waals surface area (Å²) in [4.78, 5) is 13.3. The van der Waals surface area contributed by atoms with Crippen molar-refractivity contribution in [1.82, 2.24) is 10.2 Å². The minimum atomic E-state index is 0.161. The smallest absolute Gasteiger partial charge is 0.234 e. The minimum absolute atomic E-state index is 0.161. The Kier molecular flexibility index (Phi) is 3.09. The number of hydrogen-bond acceptors (Lipinski definition) is 2. The average Bonchev–Trinajstić information content (AvgIpc) is 2.03. The Balaban J connectivity index is 2.45. The number of carbonyl (C=O) groups is 1. The summed E-state index contributed by atoms with van der Waals surface area (Å²) < 4.78 is 0. The van der Waals surface area contributed by atoms with Crippen molar-refractivity contribution in [2.24, 2.45) is 5.92 Å². The highest BCUT2D eigenvalue weighted by atomic mass is 16.2. The molecule has 0 aromatic rings. The topological polar surface area (TPSA) is 32.3 Å². The Hall–Kier alpha value is -0.570. The van der Waals surface area contributed by atoms with Crippen LogP contribution in [0.4, 0.5) is 0 Å². The van der Waals surface area contributed by atoms with E-state index in [0.29, 0.717) is 18.5 Å². The number of piperazine rings is 1. The molecule has 3 nitrogen and oxygen atoms in total. The molecule has 0 aromatic heterocycles. The quantitative estimate of drug-likeness (QED) is 0.653. The molecule has 1 fully saturated rings. The highest BCUT2D eigenvalue weighted by Crippen LogP contribution is 2.10. The van der Waals surface area contributed by atoms with Gasteiger partial charge in [0.2, 0.25) is 5.91 Å². The van der Waals surface area contributed by atoms with Gasteiger partial charge >= 0.3 is 0 Å². The Morgan fingerprint density at radius 1 is 1.42 bits per heavy atom. The first-order chi connectivity index (χ1) is 5.61. The number of hydrogen-bond donors (Lipinski definition) is 1. The lowest BCUT2D eigenvalue weighted by molar-refractivity contribution is -0.125. The van der Waals surface area contributed by atoms with Crippen LogP contribution in [0.25, 0.3) is 0 Å². The average molecular weight is 170 g/mol. The molecule has 1 aliphatic rings. The van der Waals surface area contributed by atoms with Gasteiger partial charge < -0.3 is 5.32 Å². The second kappa shape index (κ2) is 3.90. The highest BCUT2D eigenvalue weighted by molar-refractivity contribution is 5.78. The normalized spacial score (nSPS) is 22.5. The van der Waals surface area contributed by atoms with Crippen LogP contribution in [-0.4, -0.2) is 36.5 Å². The molecule has 1 atom stereocenters. The maximum Gasteiger partial charge on any atom is 0.234 e. The zero-order valence-corrected chi connectivity index (χ0v) is 8.13. The monoisotopic (exact) mass is 170 g/mol. The highest BCUT2D eigenvalue weighted by Gasteiger charge is 2.22. The van der Waals surface area contributed by atoms with Crippen LogP contribution in [-0.2, 0) is 4.79 Å². The van der Waals surface area contributed by atoms with Crippen LogP contribution in [0.15, 0.2) is 0 Å². The molecule has 12 heavy (non-hydrogen) atoms. The first-order valence-corrected chi connectivity index (χ1v) is 4.62. The Bertz CT molecular complexity index is 168. The summed E-state index contributed by atoms with van der Waals surface area (Å²) in [5, 5.41) is 2.83. The van der Waals surface area contributed by atoms with E-state index in [1.54, 1.807) is 0 Å². The van der Waals surface area contributed by atoms with Crippen molar-refractivity contribution >= 4 is 5.91 Å². The SMILES string of the molecule is CC(C)C(C)N1CCNC(=O)C1. The van der Waals surface area contributed by atoms with Crippen LogP contribution in [0.2, 0.25) is 0 Å².